The molecular formula is C20H27N5O3. The van der Waals surface area contributed by atoms with E-state index in [1.165, 1.54) is 11.1 Å². The highest BCUT2D eigenvalue weighted by atomic mass is 16.6. The van der Waals surface area contributed by atoms with Crippen LogP contribution < -0.4 is 21.7 Å². The fourth-order valence-electron chi connectivity index (χ4n) is 2.36. The van der Waals surface area contributed by atoms with Crippen molar-refractivity contribution < 1.29 is 14.3 Å². The summed E-state index contributed by atoms with van der Waals surface area (Å²) in [6, 6.07) is 10.4. The molecule has 8 nitrogen and oxygen atoms in total. The van der Waals surface area contributed by atoms with Gasteiger partial charge in [-0.2, -0.15) is 0 Å². The van der Waals surface area contributed by atoms with Crippen LogP contribution in [-0.2, 0) is 16.0 Å². The molecule has 28 heavy (non-hydrogen) atoms. The summed E-state index contributed by atoms with van der Waals surface area (Å²) in [6.45, 7) is 5.81. The van der Waals surface area contributed by atoms with Gasteiger partial charge in [0, 0.05) is 18.8 Å². The minimum absolute atomic E-state index is 0.154. The monoisotopic (exact) mass is 385 g/mol. The van der Waals surface area contributed by atoms with Crippen molar-refractivity contribution in [2.75, 3.05) is 29.5 Å². The molecule has 1 aromatic heterocycles. The minimum Gasteiger partial charge on any atom is -0.443 e. The molecule has 0 unspecified atom stereocenters. The van der Waals surface area contributed by atoms with Crippen molar-refractivity contribution in [1.82, 2.24) is 10.3 Å². The number of rotatable bonds is 6. The molecule has 0 atom stereocenters. The van der Waals surface area contributed by atoms with Gasteiger partial charge in [-0.15, -0.1) is 0 Å². The number of pyridine rings is 1. The highest BCUT2D eigenvalue weighted by Gasteiger charge is 2.24. The van der Waals surface area contributed by atoms with E-state index in [1.54, 1.807) is 57.2 Å². The molecule has 2 rings (SSSR count). The van der Waals surface area contributed by atoms with Gasteiger partial charge in [-0.05, 0) is 50.6 Å². The van der Waals surface area contributed by atoms with Gasteiger partial charge in [-0.3, -0.25) is 9.69 Å². The van der Waals surface area contributed by atoms with E-state index < -0.39 is 11.7 Å². The molecule has 1 heterocycles. The first-order valence-electron chi connectivity index (χ1n) is 8.97. The molecule has 2 amide bonds. The molecule has 8 heteroatoms. The van der Waals surface area contributed by atoms with Gasteiger partial charge in [-0.25, -0.2) is 9.78 Å². The van der Waals surface area contributed by atoms with Gasteiger partial charge in [0.05, 0.1) is 18.3 Å². The van der Waals surface area contributed by atoms with Crippen LogP contribution in [0.2, 0.25) is 0 Å². The first kappa shape index (κ1) is 21.0. The van der Waals surface area contributed by atoms with Crippen LogP contribution in [0.1, 0.15) is 26.3 Å². The molecule has 2 aromatic rings. The molecule has 0 saturated carbocycles. The maximum Gasteiger partial charge on any atom is 0.416 e. The largest absolute Gasteiger partial charge is 0.443 e. The Bertz CT molecular complexity index is 798. The summed E-state index contributed by atoms with van der Waals surface area (Å²) >= 11 is 0. The zero-order valence-electron chi connectivity index (χ0n) is 16.4. The molecule has 0 fully saturated rings. The van der Waals surface area contributed by atoms with Crippen molar-refractivity contribution in [2.45, 2.75) is 32.8 Å². The lowest BCUT2D eigenvalue weighted by Crippen LogP contribution is -2.42. The van der Waals surface area contributed by atoms with Crippen LogP contribution in [0.3, 0.4) is 0 Å². The van der Waals surface area contributed by atoms with Crippen molar-refractivity contribution in [3.8, 4) is 0 Å². The molecule has 0 saturated heterocycles. The SMILES string of the molecule is CC(C)(C)OC(=O)N(CCNC(=O)Cc1ccc(N)cc1)c1ccc(N)cn1. The second-order valence-electron chi connectivity index (χ2n) is 7.35. The number of carbonyl (C=O) groups is 2. The molecule has 5 N–H and O–H groups in total. The van der Waals surface area contributed by atoms with Crippen molar-refractivity contribution in [3.63, 3.8) is 0 Å². The van der Waals surface area contributed by atoms with Gasteiger partial charge in [-0.1, -0.05) is 12.1 Å². The van der Waals surface area contributed by atoms with Crippen LogP contribution in [0.15, 0.2) is 42.6 Å². The Morgan fingerprint density at radius 3 is 2.29 bits per heavy atom. The number of hydrogen-bond donors (Lipinski definition) is 3. The normalized spacial score (nSPS) is 11.0. The number of ether oxygens (including phenoxy) is 1. The number of hydrogen-bond acceptors (Lipinski definition) is 6. The first-order valence-corrected chi connectivity index (χ1v) is 8.97. The van der Waals surface area contributed by atoms with E-state index in [1.807, 2.05) is 0 Å². The molecule has 0 spiro atoms. The predicted octanol–water partition coefficient (Wildman–Crippen LogP) is 2.35. The van der Waals surface area contributed by atoms with Crippen LogP contribution in [0.25, 0.3) is 0 Å². The number of anilines is 3. The second-order valence-corrected chi connectivity index (χ2v) is 7.35. The van der Waals surface area contributed by atoms with Crippen LogP contribution in [0, 0.1) is 0 Å². The van der Waals surface area contributed by atoms with Crippen LogP contribution in [0.5, 0.6) is 0 Å². The molecule has 1 aromatic carbocycles. The average Bonchev–Trinajstić information content (AvgIpc) is 2.60. The lowest BCUT2D eigenvalue weighted by atomic mass is 10.1. The summed E-state index contributed by atoms with van der Waals surface area (Å²) < 4.78 is 5.44. The fourth-order valence-corrected chi connectivity index (χ4v) is 2.36. The molecule has 0 aliphatic rings. The minimum atomic E-state index is -0.651. The fraction of sp³-hybridized carbons (Fsp3) is 0.350. The zero-order valence-corrected chi connectivity index (χ0v) is 16.4. The van der Waals surface area contributed by atoms with E-state index in [4.69, 9.17) is 16.2 Å². The smallest absolute Gasteiger partial charge is 0.416 e. The van der Waals surface area contributed by atoms with Gasteiger partial charge >= 0.3 is 6.09 Å². The van der Waals surface area contributed by atoms with Crippen LogP contribution in [-0.4, -0.2) is 35.7 Å². The van der Waals surface area contributed by atoms with Crippen molar-refractivity contribution in [1.29, 1.82) is 0 Å². The molecule has 0 radical (unpaired) electrons. The van der Waals surface area contributed by atoms with E-state index in [0.717, 1.165) is 5.56 Å². The number of aromatic nitrogens is 1. The zero-order chi connectivity index (χ0) is 20.7. The third-order valence-corrected chi connectivity index (χ3v) is 3.66. The molecule has 0 aliphatic heterocycles. The number of carbonyl (C=O) groups excluding carboxylic acids is 2. The summed E-state index contributed by atoms with van der Waals surface area (Å²) in [4.78, 5) is 30.2. The number of nitrogens with two attached hydrogens (primary N) is 2. The molecule has 150 valence electrons. The Morgan fingerprint density at radius 2 is 1.71 bits per heavy atom. The van der Waals surface area contributed by atoms with Gasteiger partial charge < -0.3 is 21.5 Å². The maximum atomic E-state index is 12.6. The van der Waals surface area contributed by atoms with Crippen molar-refractivity contribution in [3.05, 3.63) is 48.2 Å². The van der Waals surface area contributed by atoms with E-state index in [9.17, 15) is 9.59 Å². The molecular weight excluding hydrogens is 358 g/mol. The summed E-state index contributed by atoms with van der Waals surface area (Å²) in [5.74, 6) is 0.246. The van der Waals surface area contributed by atoms with Gasteiger partial charge in [0.1, 0.15) is 11.4 Å². The maximum absolute atomic E-state index is 12.6. The standard InChI is InChI=1S/C20H27N5O3/c1-20(2,3)28-19(27)25(17-9-8-16(22)13-24-17)11-10-23-18(26)12-14-4-6-15(21)7-5-14/h4-9,13H,10-12,21-22H2,1-3H3,(H,23,26). The lowest BCUT2D eigenvalue weighted by molar-refractivity contribution is -0.120. The second kappa shape index (κ2) is 9.07. The summed E-state index contributed by atoms with van der Waals surface area (Å²) in [7, 11) is 0. The predicted molar refractivity (Wildman–Crippen MR) is 110 cm³/mol. The Labute approximate surface area is 164 Å². The van der Waals surface area contributed by atoms with Crippen molar-refractivity contribution >= 4 is 29.2 Å². The third kappa shape index (κ3) is 6.79. The van der Waals surface area contributed by atoms with E-state index in [2.05, 4.69) is 10.3 Å². The van der Waals surface area contributed by atoms with Gasteiger partial charge in [0.15, 0.2) is 0 Å². The topological polar surface area (TPSA) is 124 Å². The number of amides is 2. The van der Waals surface area contributed by atoms with E-state index in [-0.39, 0.29) is 25.4 Å². The summed E-state index contributed by atoms with van der Waals surface area (Å²) in [5.41, 5.74) is 12.7. The van der Waals surface area contributed by atoms with Crippen LogP contribution in [0.4, 0.5) is 22.0 Å². The van der Waals surface area contributed by atoms with E-state index >= 15 is 0 Å². The summed E-state index contributed by atoms with van der Waals surface area (Å²) in [5, 5.41) is 2.80. The van der Waals surface area contributed by atoms with Crippen LogP contribution >= 0.6 is 0 Å². The Balaban J connectivity index is 1.97. The number of nitrogen functional groups attached to an aromatic ring is 2. The number of benzene rings is 1. The Kier molecular flexibility index (Phi) is 6.81. The molecule has 0 bridgehead atoms. The summed E-state index contributed by atoms with van der Waals surface area (Å²) in [6.07, 6.45) is 1.15. The Hall–Kier alpha value is -3.29. The number of nitrogens with one attached hydrogen (secondary N) is 1. The van der Waals surface area contributed by atoms with E-state index in [0.29, 0.717) is 17.2 Å². The lowest BCUT2D eigenvalue weighted by Gasteiger charge is -2.27. The van der Waals surface area contributed by atoms with Crippen molar-refractivity contribution in [2.24, 2.45) is 0 Å². The highest BCUT2D eigenvalue weighted by Crippen LogP contribution is 2.17. The molecule has 0 aliphatic carbocycles. The average molecular weight is 385 g/mol. The quantitative estimate of drug-likeness (QED) is 0.656. The third-order valence-electron chi connectivity index (χ3n) is 3.66. The number of nitrogens with zero attached hydrogens (tertiary/aromatic N) is 2. The Morgan fingerprint density at radius 1 is 1.07 bits per heavy atom. The van der Waals surface area contributed by atoms with Gasteiger partial charge in [0.2, 0.25) is 5.91 Å². The van der Waals surface area contributed by atoms with Gasteiger partial charge in [0.25, 0.3) is 0 Å². The first-order chi connectivity index (χ1) is 13.1. The highest BCUT2D eigenvalue weighted by molar-refractivity contribution is 5.87.